The molecule has 0 aliphatic carbocycles. The molecule has 106 valence electrons. The second kappa shape index (κ2) is 6.92. The summed E-state index contributed by atoms with van der Waals surface area (Å²) in [6.07, 6.45) is 1.85. The van der Waals surface area contributed by atoms with Crippen LogP contribution in [0.4, 0.5) is 5.82 Å². The molecule has 6 nitrogen and oxygen atoms in total. The number of aryl methyl sites for hydroxylation is 2. The largest absolute Gasteiger partial charge is 0.356 e. The summed E-state index contributed by atoms with van der Waals surface area (Å²) in [5, 5.41) is 9.88. The maximum atomic E-state index is 11.8. The first kappa shape index (κ1) is 15.2. The lowest BCUT2D eigenvalue weighted by molar-refractivity contribution is -0.119. The van der Waals surface area contributed by atoms with Gasteiger partial charge in [-0.25, -0.2) is 0 Å². The van der Waals surface area contributed by atoms with Gasteiger partial charge in [-0.3, -0.25) is 14.3 Å². The van der Waals surface area contributed by atoms with Gasteiger partial charge in [0, 0.05) is 32.5 Å². The molecule has 1 rings (SSSR count). The Kier molecular flexibility index (Phi) is 5.54. The molecule has 0 aliphatic heterocycles. The van der Waals surface area contributed by atoms with Gasteiger partial charge in [0.05, 0.1) is 5.69 Å². The number of amides is 2. The predicted octanol–water partition coefficient (Wildman–Crippen LogP) is 1.15. The number of carbonyl (C=O) groups is 2. The van der Waals surface area contributed by atoms with E-state index in [0.29, 0.717) is 19.4 Å². The smallest absolute Gasteiger partial charge is 0.225 e. The number of hydrogen-bond donors (Lipinski definition) is 2. The third-order valence-corrected chi connectivity index (χ3v) is 2.93. The Labute approximate surface area is 113 Å². The molecule has 0 aliphatic rings. The second-order valence-electron chi connectivity index (χ2n) is 4.53. The van der Waals surface area contributed by atoms with Crippen molar-refractivity contribution in [1.29, 1.82) is 0 Å². The summed E-state index contributed by atoms with van der Waals surface area (Å²) in [7, 11) is 1.82. The number of carbonyl (C=O) groups excluding carboxylic acids is 2. The third-order valence-electron chi connectivity index (χ3n) is 2.93. The Bertz CT molecular complexity index is 465. The molecule has 0 radical (unpaired) electrons. The zero-order valence-electron chi connectivity index (χ0n) is 12.0. The van der Waals surface area contributed by atoms with Crippen LogP contribution in [0.1, 0.15) is 37.9 Å². The highest BCUT2D eigenvalue weighted by Gasteiger charge is 2.13. The molecular weight excluding hydrogens is 244 g/mol. The minimum absolute atomic E-state index is 0.0564. The quantitative estimate of drug-likeness (QED) is 0.758. The Morgan fingerprint density at radius 3 is 2.58 bits per heavy atom. The summed E-state index contributed by atoms with van der Waals surface area (Å²) < 4.78 is 1.69. The lowest BCUT2D eigenvalue weighted by Crippen LogP contribution is -2.23. The number of anilines is 1. The van der Waals surface area contributed by atoms with Crippen LogP contribution in [0, 0.1) is 6.92 Å². The van der Waals surface area contributed by atoms with Crippen molar-refractivity contribution < 1.29 is 9.59 Å². The topological polar surface area (TPSA) is 76.0 Å². The SMILES string of the molecule is CCc1nn(C)c(NC(=O)CCCNC(C)=O)c1C. The molecule has 2 N–H and O–H groups in total. The van der Waals surface area contributed by atoms with Gasteiger partial charge in [-0.2, -0.15) is 5.10 Å². The molecule has 1 aromatic rings. The van der Waals surface area contributed by atoms with Crippen LogP contribution in [0.3, 0.4) is 0 Å². The molecule has 0 atom stereocenters. The molecule has 0 saturated heterocycles. The van der Waals surface area contributed by atoms with Crippen molar-refractivity contribution in [3.05, 3.63) is 11.3 Å². The number of hydrogen-bond acceptors (Lipinski definition) is 3. The van der Waals surface area contributed by atoms with E-state index in [0.717, 1.165) is 23.5 Å². The Balaban J connectivity index is 2.48. The van der Waals surface area contributed by atoms with Gasteiger partial charge in [-0.1, -0.05) is 6.92 Å². The molecule has 19 heavy (non-hydrogen) atoms. The van der Waals surface area contributed by atoms with Crippen LogP contribution in [0.25, 0.3) is 0 Å². The van der Waals surface area contributed by atoms with Crippen LogP contribution in [0.5, 0.6) is 0 Å². The average molecular weight is 266 g/mol. The molecular formula is C13H22N4O2. The molecule has 1 heterocycles. The fourth-order valence-electron chi connectivity index (χ4n) is 1.90. The monoisotopic (exact) mass is 266 g/mol. The lowest BCUT2D eigenvalue weighted by Gasteiger charge is -2.07. The molecule has 0 fully saturated rings. The van der Waals surface area contributed by atoms with Gasteiger partial charge in [0.1, 0.15) is 5.82 Å². The van der Waals surface area contributed by atoms with Crippen molar-refractivity contribution in [3.63, 3.8) is 0 Å². The van der Waals surface area contributed by atoms with Crippen LogP contribution in [0.2, 0.25) is 0 Å². The second-order valence-corrected chi connectivity index (χ2v) is 4.53. The molecule has 0 unspecified atom stereocenters. The highest BCUT2D eigenvalue weighted by atomic mass is 16.2. The fourth-order valence-corrected chi connectivity index (χ4v) is 1.90. The highest BCUT2D eigenvalue weighted by molar-refractivity contribution is 5.90. The average Bonchev–Trinajstić information content (AvgIpc) is 2.62. The van der Waals surface area contributed by atoms with E-state index in [-0.39, 0.29) is 11.8 Å². The van der Waals surface area contributed by atoms with Crippen molar-refractivity contribution in [2.75, 3.05) is 11.9 Å². The van der Waals surface area contributed by atoms with E-state index in [1.54, 1.807) is 4.68 Å². The fraction of sp³-hybridized carbons (Fsp3) is 0.615. The molecule has 0 spiro atoms. The lowest BCUT2D eigenvalue weighted by atomic mass is 10.2. The van der Waals surface area contributed by atoms with E-state index in [2.05, 4.69) is 15.7 Å². The number of rotatable bonds is 6. The summed E-state index contributed by atoms with van der Waals surface area (Å²) >= 11 is 0. The zero-order valence-corrected chi connectivity index (χ0v) is 12.0. The Morgan fingerprint density at radius 1 is 1.37 bits per heavy atom. The summed E-state index contributed by atoms with van der Waals surface area (Å²) in [6.45, 7) is 5.98. The minimum Gasteiger partial charge on any atom is -0.356 e. The minimum atomic E-state index is -0.0736. The summed E-state index contributed by atoms with van der Waals surface area (Å²) in [5.41, 5.74) is 2.01. The summed E-state index contributed by atoms with van der Waals surface area (Å²) in [6, 6.07) is 0. The maximum Gasteiger partial charge on any atom is 0.225 e. The van der Waals surface area contributed by atoms with Gasteiger partial charge in [0.25, 0.3) is 0 Å². The van der Waals surface area contributed by atoms with Crippen molar-refractivity contribution >= 4 is 17.6 Å². The molecule has 0 aromatic carbocycles. The number of nitrogens with one attached hydrogen (secondary N) is 2. The maximum absolute atomic E-state index is 11.8. The van der Waals surface area contributed by atoms with Gasteiger partial charge in [-0.15, -0.1) is 0 Å². The summed E-state index contributed by atoms with van der Waals surface area (Å²) in [5.74, 6) is 0.621. The predicted molar refractivity (Wildman–Crippen MR) is 73.9 cm³/mol. The van der Waals surface area contributed by atoms with Gasteiger partial charge in [0.15, 0.2) is 0 Å². The van der Waals surface area contributed by atoms with Crippen LogP contribution in [0.15, 0.2) is 0 Å². The van der Waals surface area contributed by atoms with E-state index in [1.807, 2.05) is 20.9 Å². The Hall–Kier alpha value is -1.85. The standard InChI is InChI=1S/C13H22N4O2/c1-5-11-9(2)13(17(4)16-11)15-12(19)7-6-8-14-10(3)18/h5-8H2,1-4H3,(H,14,18)(H,15,19). The zero-order chi connectivity index (χ0) is 14.4. The molecule has 0 saturated carbocycles. The molecule has 1 aromatic heterocycles. The first-order valence-corrected chi connectivity index (χ1v) is 6.52. The van der Waals surface area contributed by atoms with Gasteiger partial charge >= 0.3 is 0 Å². The highest BCUT2D eigenvalue weighted by Crippen LogP contribution is 2.18. The van der Waals surface area contributed by atoms with Crippen LogP contribution in [-0.4, -0.2) is 28.1 Å². The number of aromatic nitrogens is 2. The van der Waals surface area contributed by atoms with Crippen LogP contribution >= 0.6 is 0 Å². The summed E-state index contributed by atoms with van der Waals surface area (Å²) in [4.78, 5) is 22.5. The molecule has 6 heteroatoms. The first-order valence-electron chi connectivity index (χ1n) is 6.52. The first-order chi connectivity index (χ1) is 8.95. The van der Waals surface area contributed by atoms with Gasteiger partial charge in [0.2, 0.25) is 11.8 Å². The van der Waals surface area contributed by atoms with Crippen molar-refractivity contribution in [2.45, 2.75) is 40.0 Å². The van der Waals surface area contributed by atoms with E-state index < -0.39 is 0 Å². The molecule has 2 amide bonds. The van der Waals surface area contributed by atoms with Crippen LogP contribution in [-0.2, 0) is 23.1 Å². The van der Waals surface area contributed by atoms with Crippen molar-refractivity contribution in [2.24, 2.45) is 7.05 Å². The van der Waals surface area contributed by atoms with Crippen LogP contribution < -0.4 is 10.6 Å². The third kappa shape index (κ3) is 4.39. The normalized spacial score (nSPS) is 10.3. The Morgan fingerprint density at radius 2 is 2.05 bits per heavy atom. The van der Waals surface area contributed by atoms with Gasteiger partial charge < -0.3 is 10.6 Å². The van der Waals surface area contributed by atoms with Crippen molar-refractivity contribution in [3.8, 4) is 0 Å². The van der Waals surface area contributed by atoms with E-state index in [9.17, 15) is 9.59 Å². The number of nitrogens with zero attached hydrogens (tertiary/aromatic N) is 2. The van der Waals surface area contributed by atoms with E-state index >= 15 is 0 Å². The molecule has 0 bridgehead atoms. The van der Waals surface area contributed by atoms with E-state index in [4.69, 9.17) is 0 Å². The van der Waals surface area contributed by atoms with Crippen molar-refractivity contribution in [1.82, 2.24) is 15.1 Å². The van der Waals surface area contributed by atoms with E-state index in [1.165, 1.54) is 6.92 Å². The van der Waals surface area contributed by atoms with Gasteiger partial charge in [-0.05, 0) is 19.8 Å².